The number of hydrogen-bond donors (Lipinski definition) is 2. The summed E-state index contributed by atoms with van der Waals surface area (Å²) in [5.41, 5.74) is 0. The molecule has 4 atom stereocenters. The minimum atomic E-state index is -0.872. The van der Waals surface area contributed by atoms with Gasteiger partial charge in [0.1, 0.15) is 0 Å². The molecular weight excluding hydrogens is 172 g/mol. The van der Waals surface area contributed by atoms with E-state index in [0.717, 1.165) is 0 Å². The lowest BCUT2D eigenvalue weighted by Gasteiger charge is -2.26. The fourth-order valence-electron chi connectivity index (χ4n) is 2.29. The second-order valence-electron chi connectivity index (χ2n) is 3.66. The molecule has 70 valence electrons. The van der Waals surface area contributed by atoms with Crippen LogP contribution in [0.2, 0.25) is 0 Å². The molecule has 0 amide bonds. The smallest absolute Gasteiger partial charge is 0.307 e. The van der Waals surface area contributed by atoms with Crippen molar-refractivity contribution >= 4 is 11.9 Å². The van der Waals surface area contributed by atoms with Crippen molar-refractivity contribution in [1.82, 2.24) is 0 Å². The summed E-state index contributed by atoms with van der Waals surface area (Å²) in [4.78, 5) is 21.5. The highest BCUT2D eigenvalue weighted by molar-refractivity contribution is 5.77. The van der Waals surface area contributed by atoms with Crippen molar-refractivity contribution in [3.8, 4) is 0 Å². The molecule has 0 aromatic rings. The van der Waals surface area contributed by atoms with Crippen LogP contribution in [0.4, 0.5) is 0 Å². The number of hydrogen-bond acceptors (Lipinski definition) is 2. The van der Waals surface area contributed by atoms with Crippen LogP contribution in [0.25, 0.3) is 0 Å². The van der Waals surface area contributed by atoms with E-state index in [1.807, 2.05) is 12.2 Å². The molecule has 0 radical (unpaired) electrons. The molecule has 1 fully saturated rings. The monoisotopic (exact) mass is 182 g/mol. The molecule has 2 aliphatic carbocycles. The van der Waals surface area contributed by atoms with Crippen LogP contribution < -0.4 is 0 Å². The first-order valence-corrected chi connectivity index (χ1v) is 4.25. The highest BCUT2D eigenvalue weighted by Gasteiger charge is 2.50. The van der Waals surface area contributed by atoms with Gasteiger partial charge in [-0.1, -0.05) is 12.2 Å². The fourth-order valence-corrected chi connectivity index (χ4v) is 2.29. The summed E-state index contributed by atoms with van der Waals surface area (Å²) in [6.45, 7) is 0. The summed E-state index contributed by atoms with van der Waals surface area (Å²) in [6.07, 6.45) is 3.89. The maximum absolute atomic E-state index is 10.7. The van der Waals surface area contributed by atoms with Crippen LogP contribution in [0.3, 0.4) is 0 Å². The van der Waals surface area contributed by atoms with E-state index in [-0.39, 0.29) is 18.3 Å². The van der Waals surface area contributed by atoms with Crippen LogP contribution >= 0.6 is 0 Å². The van der Waals surface area contributed by atoms with Gasteiger partial charge in [0.2, 0.25) is 0 Å². The standard InChI is InChI=1S/C9H10O4/c10-8(11)6-3-7(9(12)13)5-2-1-4(5)6/h1-2,4-7H,3H2,(H,10,11)(H,12,13)/t4-,5+,6?,7?. The third-order valence-electron chi connectivity index (χ3n) is 3.07. The molecule has 1 saturated carbocycles. The maximum atomic E-state index is 10.7. The molecule has 2 rings (SSSR count). The van der Waals surface area contributed by atoms with Crippen LogP contribution in [0, 0.1) is 23.7 Å². The maximum Gasteiger partial charge on any atom is 0.307 e. The number of carboxylic acids is 2. The normalized spacial score (nSPS) is 40.9. The minimum absolute atomic E-state index is 0.0430. The number of aliphatic carboxylic acids is 2. The quantitative estimate of drug-likeness (QED) is 0.613. The van der Waals surface area contributed by atoms with Gasteiger partial charge in [-0.25, -0.2) is 0 Å². The molecule has 0 bridgehead atoms. The Morgan fingerprint density at radius 1 is 1.00 bits per heavy atom. The Bertz CT molecular complexity index is 266. The van der Waals surface area contributed by atoms with Gasteiger partial charge in [0.15, 0.2) is 0 Å². The third-order valence-corrected chi connectivity index (χ3v) is 3.07. The van der Waals surface area contributed by atoms with E-state index in [4.69, 9.17) is 10.2 Å². The lowest BCUT2D eigenvalue weighted by atomic mass is 9.78. The zero-order chi connectivity index (χ0) is 9.59. The molecule has 0 aromatic carbocycles. The lowest BCUT2D eigenvalue weighted by molar-refractivity contribution is -0.143. The summed E-state index contributed by atoms with van der Waals surface area (Å²) in [7, 11) is 0. The number of carboxylic acid groups (broad SMARTS) is 2. The van der Waals surface area contributed by atoms with E-state index < -0.39 is 23.8 Å². The summed E-state index contributed by atoms with van der Waals surface area (Å²) in [6, 6.07) is 0. The summed E-state index contributed by atoms with van der Waals surface area (Å²) < 4.78 is 0. The zero-order valence-electron chi connectivity index (χ0n) is 6.88. The van der Waals surface area contributed by atoms with Crippen LogP contribution in [-0.4, -0.2) is 22.2 Å². The van der Waals surface area contributed by atoms with Gasteiger partial charge in [0.05, 0.1) is 11.8 Å². The van der Waals surface area contributed by atoms with E-state index in [2.05, 4.69) is 0 Å². The van der Waals surface area contributed by atoms with E-state index in [1.165, 1.54) is 0 Å². The molecule has 0 aliphatic heterocycles. The molecule has 0 saturated heterocycles. The topological polar surface area (TPSA) is 74.6 Å². The zero-order valence-corrected chi connectivity index (χ0v) is 6.88. The van der Waals surface area contributed by atoms with Gasteiger partial charge < -0.3 is 10.2 Å². The summed E-state index contributed by atoms with van der Waals surface area (Å²) in [5.74, 6) is -2.81. The molecule has 13 heavy (non-hydrogen) atoms. The van der Waals surface area contributed by atoms with Crippen molar-refractivity contribution < 1.29 is 19.8 Å². The molecule has 2 N–H and O–H groups in total. The second kappa shape index (κ2) is 2.58. The Hall–Kier alpha value is -1.32. The average molecular weight is 182 g/mol. The highest BCUT2D eigenvalue weighted by atomic mass is 16.4. The minimum Gasteiger partial charge on any atom is -0.481 e. The van der Waals surface area contributed by atoms with Crippen molar-refractivity contribution in [3.63, 3.8) is 0 Å². The van der Waals surface area contributed by atoms with Gasteiger partial charge >= 0.3 is 11.9 Å². The number of fused-ring (bicyclic) bond motifs is 1. The van der Waals surface area contributed by atoms with Crippen LogP contribution in [-0.2, 0) is 9.59 Å². The third kappa shape index (κ3) is 1.05. The Labute approximate surface area is 74.9 Å². The predicted octanol–water partition coefficient (Wildman–Crippen LogP) is 0.594. The van der Waals surface area contributed by atoms with Crippen molar-refractivity contribution in [2.75, 3.05) is 0 Å². The van der Waals surface area contributed by atoms with Crippen LogP contribution in [0.15, 0.2) is 12.2 Å². The Morgan fingerprint density at radius 2 is 1.38 bits per heavy atom. The number of allylic oxidation sites excluding steroid dienone is 2. The van der Waals surface area contributed by atoms with Gasteiger partial charge in [-0.15, -0.1) is 0 Å². The number of carbonyl (C=O) groups is 2. The second-order valence-corrected chi connectivity index (χ2v) is 3.66. The van der Waals surface area contributed by atoms with Gasteiger partial charge in [0.25, 0.3) is 0 Å². The Morgan fingerprint density at radius 3 is 1.54 bits per heavy atom. The van der Waals surface area contributed by atoms with Crippen molar-refractivity contribution in [1.29, 1.82) is 0 Å². The largest absolute Gasteiger partial charge is 0.481 e. The number of rotatable bonds is 2. The predicted molar refractivity (Wildman–Crippen MR) is 43.0 cm³/mol. The molecule has 0 heterocycles. The molecule has 0 spiro atoms. The van der Waals surface area contributed by atoms with E-state index in [0.29, 0.717) is 0 Å². The van der Waals surface area contributed by atoms with Crippen LogP contribution in [0.1, 0.15) is 6.42 Å². The first kappa shape index (κ1) is 8.29. The SMILES string of the molecule is O=C(O)C1CC(C(=O)O)[C@@H]2C=C[C@H]12. The first-order valence-electron chi connectivity index (χ1n) is 4.25. The molecule has 4 nitrogen and oxygen atoms in total. The molecular formula is C9H10O4. The van der Waals surface area contributed by atoms with Crippen molar-refractivity contribution in [2.45, 2.75) is 6.42 Å². The Kier molecular flexibility index (Phi) is 1.65. The van der Waals surface area contributed by atoms with Gasteiger partial charge in [-0.2, -0.15) is 0 Å². The molecule has 2 aliphatic rings. The first-order chi connectivity index (χ1) is 6.11. The molecule has 2 unspecified atom stereocenters. The van der Waals surface area contributed by atoms with Gasteiger partial charge in [-0.05, 0) is 18.3 Å². The molecule has 4 heteroatoms. The fraction of sp³-hybridized carbons (Fsp3) is 0.556. The van der Waals surface area contributed by atoms with Crippen molar-refractivity contribution in [2.24, 2.45) is 23.7 Å². The van der Waals surface area contributed by atoms with Crippen molar-refractivity contribution in [3.05, 3.63) is 12.2 Å². The average Bonchev–Trinajstić information content (AvgIpc) is 2.22. The Balaban J connectivity index is 2.19. The van der Waals surface area contributed by atoms with E-state index in [9.17, 15) is 9.59 Å². The van der Waals surface area contributed by atoms with Crippen LogP contribution in [0.5, 0.6) is 0 Å². The van der Waals surface area contributed by atoms with E-state index >= 15 is 0 Å². The van der Waals surface area contributed by atoms with Gasteiger partial charge in [-0.3, -0.25) is 9.59 Å². The molecule has 0 aromatic heterocycles. The summed E-state index contributed by atoms with van der Waals surface area (Å²) >= 11 is 0. The highest BCUT2D eigenvalue weighted by Crippen LogP contribution is 2.48. The lowest BCUT2D eigenvalue weighted by Crippen LogP contribution is -2.27. The summed E-state index contributed by atoms with van der Waals surface area (Å²) in [5, 5.41) is 17.6. The van der Waals surface area contributed by atoms with Gasteiger partial charge in [0, 0.05) is 0 Å². The van der Waals surface area contributed by atoms with E-state index in [1.54, 1.807) is 0 Å².